The summed E-state index contributed by atoms with van der Waals surface area (Å²) in [6.07, 6.45) is 1.71. The van der Waals surface area contributed by atoms with Crippen LogP contribution in [0.15, 0.2) is 0 Å². The molecule has 9 N–H and O–H groups in total. The predicted molar refractivity (Wildman–Crippen MR) is 114 cm³/mol. The quantitative estimate of drug-likeness (QED) is 0.114. The number of amides is 4. The molecule has 4 atom stereocenters. The van der Waals surface area contributed by atoms with Gasteiger partial charge in [-0.15, -0.1) is 0 Å². The summed E-state index contributed by atoms with van der Waals surface area (Å²) in [6, 6.07) is -4.94. The molecule has 30 heavy (non-hydrogen) atoms. The number of thiol groups is 1. The van der Waals surface area contributed by atoms with Gasteiger partial charge in [0.1, 0.15) is 18.1 Å². The lowest BCUT2D eigenvalue weighted by atomic mass is 10.1. The molecular weight excluding hydrogens is 438 g/mol. The molecular formula is C16H29N5O7S2. The lowest BCUT2D eigenvalue weighted by molar-refractivity contribution is -0.141. The summed E-state index contributed by atoms with van der Waals surface area (Å²) < 4.78 is 0. The topological polar surface area (TPSA) is 214 Å². The third-order valence-corrected chi connectivity index (χ3v) is 4.90. The molecule has 0 spiro atoms. The maximum atomic E-state index is 12.4. The van der Waals surface area contributed by atoms with Gasteiger partial charge in [-0.25, -0.2) is 4.79 Å². The number of hydrogen-bond donors (Lipinski definition) is 8. The molecule has 14 heteroatoms. The van der Waals surface area contributed by atoms with E-state index in [9.17, 15) is 29.1 Å². The normalized spacial score (nSPS) is 14.7. The van der Waals surface area contributed by atoms with Crippen LogP contribution in [-0.4, -0.2) is 88.3 Å². The van der Waals surface area contributed by atoms with Crippen LogP contribution in [-0.2, 0) is 24.0 Å². The molecule has 0 saturated carbocycles. The van der Waals surface area contributed by atoms with E-state index < -0.39 is 60.4 Å². The second kappa shape index (κ2) is 14.9. The molecule has 0 bridgehead atoms. The average Bonchev–Trinajstić information content (AvgIpc) is 2.70. The van der Waals surface area contributed by atoms with Crippen LogP contribution in [0.25, 0.3) is 0 Å². The smallest absolute Gasteiger partial charge is 0.327 e. The minimum absolute atomic E-state index is 0.208. The van der Waals surface area contributed by atoms with Crippen molar-refractivity contribution in [3.05, 3.63) is 0 Å². The van der Waals surface area contributed by atoms with Gasteiger partial charge in [0.25, 0.3) is 0 Å². The second-order valence-corrected chi connectivity index (χ2v) is 7.63. The van der Waals surface area contributed by atoms with Crippen molar-refractivity contribution in [3.63, 3.8) is 0 Å². The summed E-state index contributed by atoms with van der Waals surface area (Å²) in [6.45, 7) is -0.772. The fraction of sp³-hybridized carbons (Fsp3) is 0.688. The first-order valence-corrected chi connectivity index (χ1v) is 11.0. The molecule has 172 valence electrons. The fourth-order valence-corrected chi connectivity index (χ4v) is 2.87. The molecule has 0 rings (SSSR count). The number of nitrogens with two attached hydrogens (primary N) is 2. The van der Waals surface area contributed by atoms with Gasteiger partial charge >= 0.3 is 5.97 Å². The van der Waals surface area contributed by atoms with E-state index in [1.54, 1.807) is 0 Å². The van der Waals surface area contributed by atoms with Crippen LogP contribution in [0.2, 0.25) is 0 Å². The van der Waals surface area contributed by atoms with Crippen molar-refractivity contribution in [2.24, 2.45) is 11.5 Å². The van der Waals surface area contributed by atoms with Crippen LogP contribution in [0.3, 0.4) is 0 Å². The largest absolute Gasteiger partial charge is 0.480 e. The van der Waals surface area contributed by atoms with E-state index in [1.807, 2.05) is 6.26 Å². The highest BCUT2D eigenvalue weighted by molar-refractivity contribution is 7.98. The van der Waals surface area contributed by atoms with Crippen LogP contribution >= 0.6 is 24.4 Å². The molecule has 12 nitrogen and oxygen atoms in total. The Labute approximate surface area is 183 Å². The third-order valence-electron chi connectivity index (χ3n) is 3.89. The number of nitrogens with one attached hydrogen (secondary N) is 3. The lowest BCUT2D eigenvalue weighted by Gasteiger charge is -2.24. The summed E-state index contributed by atoms with van der Waals surface area (Å²) in [7, 11) is 0. The number of carbonyl (C=O) groups excluding carboxylic acids is 4. The zero-order chi connectivity index (χ0) is 23.3. The standard InChI is InChI=1S/C16H29N5O7S2/c1-30-5-4-8(17)13(24)20-10(6-22)15(26)19-9(2-3-12(18)23)14(25)21-11(7-29)16(27)28/h8-11,22,29H,2-7,17H2,1H3,(H2,18,23)(H,19,26)(H,20,24)(H,21,25)(H,27,28). The first-order valence-electron chi connectivity index (χ1n) is 8.95. The van der Waals surface area contributed by atoms with E-state index in [1.165, 1.54) is 11.8 Å². The molecule has 0 aromatic carbocycles. The van der Waals surface area contributed by atoms with E-state index in [-0.39, 0.29) is 18.6 Å². The van der Waals surface area contributed by atoms with Crippen molar-refractivity contribution in [1.82, 2.24) is 16.0 Å². The van der Waals surface area contributed by atoms with Crippen LogP contribution in [0.5, 0.6) is 0 Å². The number of aliphatic hydroxyl groups is 1. The molecule has 0 aromatic rings. The Balaban J connectivity index is 5.17. The summed E-state index contributed by atoms with van der Waals surface area (Å²) in [5.41, 5.74) is 10.8. The Bertz CT molecular complexity index is 623. The predicted octanol–water partition coefficient (Wildman–Crippen LogP) is -3.21. The molecule has 0 aliphatic heterocycles. The summed E-state index contributed by atoms with van der Waals surface area (Å²) in [5, 5.41) is 25.2. The minimum Gasteiger partial charge on any atom is -0.480 e. The molecule has 4 unspecified atom stereocenters. The Morgan fingerprint density at radius 3 is 1.97 bits per heavy atom. The molecule has 0 fully saturated rings. The summed E-state index contributed by atoms with van der Waals surface area (Å²) in [4.78, 5) is 59.0. The number of carboxylic acids is 1. The van der Waals surface area contributed by atoms with E-state index in [4.69, 9.17) is 16.6 Å². The van der Waals surface area contributed by atoms with Gasteiger partial charge in [0.15, 0.2) is 0 Å². The number of aliphatic hydroxyl groups excluding tert-OH is 1. The van der Waals surface area contributed by atoms with Crippen molar-refractivity contribution in [2.45, 2.75) is 43.4 Å². The van der Waals surface area contributed by atoms with Crippen molar-refractivity contribution >= 4 is 54.0 Å². The van der Waals surface area contributed by atoms with Gasteiger partial charge in [0, 0.05) is 12.2 Å². The van der Waals surface area contributed by atoms with Gasteiger partial charge in [0.2, 0.25) is 23.6 Å². The average molecular weight is 468 g/mol. The number of hydrogen-bond acceptors (Lipinski definition) is 9. The first kappa shape index (κ1) is 28.0. The molecule has 0 heterocycles. The van der Waals surface area contributed by atoms with E-state index in [0.29, 0.717) is 12.2 Å². The Morgan fingerprint density at radius 1 is 0.967 bits per heavy atom. The lowest BCUT2D eigenvalue weighted by Crippen LogP contribution is -2.58. The minimum atomic E-state index is -1.40. The van der Waals surface area contributed by atoms with E-state index in [2.05, 4.69) is 28.6 Å². The van der Waals surface area contributed by atoms with Gasteiger partial charge in [-0.1, -0.05) is 0 Å². The van der Waals surface area contributed by atoms with Crippen molar-refractivity contribution < 1.29 is 34.2 Å². The fourth-order valence-electron chi connectivity index (χ4n) is 2.13. The number of aliphatic carboxylic acids is 1. The Kier molecular flexibility index (Phi) is 13.9. The van der Waals surface area contributed by atoms with E-state index >= 15 is 0 Å². The second-order valence-electron chi connectivity index (χ2n) is 6.28. The highest BCUT2D eigenvalue weighted by atomic mass is 32.2. The molecule has 0 aliphatic rings. The Hall–Kier alpha value is -2.03. The first-order chi connectivity index (χ1) is 14.1. The number of rotatable bonds is 15. The van der Waals surface area contributed by atoms with Crippen molar-refractivity contribution in [1.29, 1.82) is 0 Å². The van der Waals surface area contributed by atoms with Crippen molar-refractivity contribution in [3.8, 4) is 0 Å². The zero-order valence-electron chi connectivity index (χ0n) is 16.5. The molecule has 0 aliphatic carbocycles. The molecule has 0 radical (unpaired) electrons. The SMILES string of the molecule is CSCCC(N)C(=O)NC(CO)C(=O)NC(CCC(N)=O)C(=O)NC(CS)C(=O)O. The van der Waals surface area contributed by atoms with E-state index in [0.717, 1.165) is 0 Å². The monoisotopic (exact) mass is 467 g/mol. The van der Waals surface area contributed by atoms with Gasteiger partial charge in [-0.2, -0.15) is 24.4 Å². The summed E-state index contributed by atoms with van der Waals surface area (Å²) in [5.74, 6) is -4.11. The van der Waals surface area contributed by atoms with Gasteiger partial charge in [-0.3, -0.25) is 19.2 Å². The van der Waals surface area contributed by atoms with Gasteiger partial charge < -0.3 is 37.6 Å². The van der Waals surface area contributed by atoms with Crippen molar-refractivity contribution in [2.75, 3.05) is 24.4 Å². The van der Waals surface area contributed by atoms with Crippen LogP contribution in [0.4, 0.5) is 0 Å². The molecule has 4 amide bonds. The molecule has 0 saturated heterocycles. The van der Waals surface area contributed by atoms with Gasteiger partial charge in [0.05, 0.1) is 12.6 Å². The van der Waals surface area contributed by atoms with Crippen LogP contribution in [0, 0.1) is 0 Å². The van der Waals surface area contributed by atoms with Crippen LogP contribution < -0.4 is 27.4 Å². The number of carbonyl (C=O) groups is 5. The number of carboxylic acid groups (broad SMARTS) is 1. The highest BCUT2D eigenvalue weighted by Gasteiger charge is 2.29. The number of thioether (sulfide) groups is 1. The molecule has 0 aromatic heterocycles. The zero-order valence-corrected chi connectivity index (χ0v) is 18.2. The number of primary amides is 1. The van der Waals surface area contributed by atoms with Gasteiger partial charge in [-0.05, 0) is 24.9 Å². The summed E-state index contributed by atoms with van der Waals surface area (Å²) >= 11 is 5.32. The highest BCUT2D eigenvalue weighted by Crippen LogP contribution is 2.02. The third kappa shape index (κ3) is 10.7. The Morgan fingerprint density at radius 2 is 1.50 bits per heavy atom. The van der Waals surface area contributed by atoms with Crippen LogP contribution in [0.1, 0.15) is 19.3 Å². The maximum absolute atomic E-state index is 12.4. The maximum Gasteiger partial charge on any atom is 0.327 e.